The third-order valence-electron chi connectivity index (χ3n) is 3.42. The first-order valence-electron chi connectivity index (χ1n) is 5.35. The van der Waals surface area contributed by atoms with Gasteiger partial charge in [-0.1, -0.05) is 28.1 Å². The number of hydrogen-bond acceptors (Lipinski definition) is 2. The molecule has 1 heterocycles. The normalized spacial score (nSPS) is 30.7. The van der Waals surface area contributed by atoms with E-state index in [1.165, 1.54) is 0 Å². The number of fused-ring (bicyclic) bond motifs is 3. The van der Waals surface area contributed by atoms with Crippen LogP contribution >= 0.6 is 15.9 Å². The number of carboxylic acid groups (broad SMARTS) is 1. The molecule has 2 aliphatic rings. The lowest BCUT2D eigenvalue weighted by Gasteiger charge is -2.10. The summed E-state index contributed by atoms with van der Waals surface area (Å²) in [6.07, 6.45) is 2.24. The molecule has 0 amide bonds. The fraction of sp³-hybridized carbons (Fsp3) is 0.417. The Morgan fingerprint density at radius 3 is 3.00 bits per heavy atom. The summed E-state index contributed by atoms with van der Waals surface area (Å²) in [7, 11) is 0. The third kappa shape index (κ3) is 1.29. The van der Waals surface area contributed by atoms with E-state index in [4.69, 9.17) is 9.84 Å². The Morgan fingerprint density at radius 2 is 2.25 bits per heavy atom. The van der Waals surface area contributed by atoms with Gasteiger partial charge in [0, 0.05) is 16.3 Å². The maximum atomic E-state index is 11.1. The average Bonchev–Trinajstić information content (AvgIpc) is 2.78. The van der Waals surface area contributed by atoms with Crippen molar-refractivity contribution in [2.75, 3.05) is 0 Å². The number of para-hydroxylation sites is 1. The van der Waals surface area contributed by atoms with Crippen LogP contribution < -0.4 is 4.74 Å². The first-order valence-corrected chi connectivity index (χ1v) is 6.27. The largest absolute Gasteiger partial charge is 0.489 e. The second kappa shape index (κ2) is 3.48. The van der Waals surface area contributed by atoms with Gasteiger partial charge in [-0.25, -0.2) is 4.79 Å². The minimum atomic E-state index is -0.914. The van der Waals surface area contributed by atoms with Gasteiger partial charge in [0.2, 0.25) is 0 Å². The lowest BCUT2D eigenvalue weighted by molar-refractivity contribution is 0.0691. The van der Waals surface area contributed by atoms with Gasteiger partial charge in [0.1, 0.15) is 17.4 Å². The van der Waals surface area contributed by atoms with Crippen LogP contribution in [0, 0.1) is 0 Å². The maximum absolute atomic E-state index is 11.1. The first kappa shape index (κ1) is 10.1. The SMILES string of the molecule is O=C(O)c1cccc2c1OC1CCC(Br)C21. The van der Waals surface area contributed by atoms with Crippen LogP contribution in [0.5, 0.6) is 5.75 Å². The van der Waals surface area contributed by atoms with Crippen molar-refractivity contribution in [3.05, 3.63) is 29.3 Å². The van der Waals surface area contributed by atoms with E-state index in [1.807, 2.05) is 6.07 Å². The van der Waals surface area contributed by atoms with Gasteiger partial charge in [0.15, 0.2) is 0 Å². The van der Waals surface area contributed by atoms with Crippen molar-refractivity contribution >= 4 is 21.9 Å². The van der Waals surface area contributed by atoms with Gasteiger partial charge in [-0.15, -0.1) is 0 Å². The predicted octanol–water partition coefficient (Wildman–Crippen LogP) is 2.79. The Morgan fingerprint density at radius 1 is 1.44 bits per heavy atom. The summed E-state index contributed by atoms with van der Waals surface area (Å²) in [5.74, 6) is -0.0219. The Bertz CT molecular complexity index is 458. The van der Waals surface area contributed by atoms with E-state index >= 15 is 0 Å². The number of ether oxygens (including phenoxy) is 1. The first-order chi connectivity index (χ1) is 7.68. The molecule has 0 bridgehead atoms. The highest BCUT2D eigenvalue weighted by Gasteiger charge is 2.44. The van der Waals surface area contributed by atoms with Gasteiger partial charge < -0.3 is 9.84 Å². The topological polar surface area (TPSA) is 46.5 Å². The molecular weight excluding hydrogens is 272 g/mol. The molecule has 0 spiro atoms. The van der Waals surface area contributed by atoms with E-state index in [1.54, 1.807) is 12.1 Å². The molecule has 1 fully saturated rings. The van der Waals surface area contributed by atoms with Crippen LogP contribution in [0.4, 0.5) is 0 Å². The van der Waals surface area contributed by atoms with Crippen LogP contribution in [-0.2, 0) is 0 Å². The van der Waals surface area contributed by atoms with Gasteiger partial charge in [-0.2, -0.15) is 0 Å². The minimum Gasteiger partial charge on any atom is -0.489 e. The number of alkyl halides is 1. The Balaban J connectivity index is 2.11. The number of carbonyl (C=O) groups is 1. The molecule has 4 heteroatoms. The number of hydrogen-bond donors (Lipinski definition) is 1. The lowest BCUT2D eigenvalue weighted by atomic mass is 9.96. The van der Waals surface area contributed by atoms with Crippen molar-refractivity contribution in [1.82, 2.24) is 0 Å². The molecule has 0 radical (unpaired) electrons. The summed E-state index contributed by atoms with van der Waals surface area (Å²) in [5.41, 5.74) is 1.33. The van der Waals surface area contributed by atoms with Crippen molar-refractivity contribution in [3.63, 3.8) is 0 Å². The van der Waals surface area contributed by atoms with Crippen LogP contribution in [0.1, 0.15) is 34.7 Å². The quantitative estimate of drug-likeness (QED) is 0.806. The van der Waals surface area contributed by atoms with Crippen LogP contribution in [0.15, 0.2) is 18.2 Å². The molecule has 3 unspecified atom stereocenters. The third-order valence-corrected chi connectivity index (χ3v) is 4.45. The summed E-state index contributed by atoms with van der Waals surface area (Å²) >= 11 is 3.65. The van der Waals surface area contributed by atoms with Crippen molar-refractivity contribution in [1.29, 1.82) is 0 Å². The second-order valence-corrected chi connectivity index (χ2v) is 5.48. The molecule has 1 aliphatic carbocycles. The summed E-state index contributed by atoms with van der Waals surface area (Å²) in [6.45, 7) is 0. The van der Waals surface area contributed by atoms with E-state index in [9.17, 15) is 4.79 Å². The molecule has 1 N–H and O–H groups in total. The van der Waals surface area contributed by atoms with Crippen LogP contribution in [0.2, 0.25) is 0 Å². The van der Waals surface area contributed by atoms with Crippen LogP contribution in [-0.4, -0.2) is 22.0 Å². The van der Waals surface area contributed by atoms with Crippen molar-refractivity contribution < 1.29 is 14.6 Å². The zero-order valence-electron chi connectivity index (χ0n) is 8.52. The summed E-state index contributed by atoms with van der Waals surface area (Å²) in [5, 5.41) is 9.09. The van der Waals surface area contributed by atoms with Gasteiger partial charge in [-0.05, 0) is 18.9 Å². The number of aromatic carboxylic acids is 1. The zero-order valence-corrected chi connectivity index (χ0v) is 10.1. The molecule has 16 heavy (non-hydrogen) atoms. The van der Waals surface area contributed by atoms with E-state index < -0.39 is 5.97 Å². The Labute approximate surface area is 102 Å². The second-order valence-electron chi connectivity index (χ2n) is 4.30. The average molecular weight is 283 g/mol. The number of rotatable bonds is 1. The van der Waals surface area contributed by atoms with Crippen molar-refractivity contribution in [2.45, 2.75) is 29.7 Å². The molecule has 3 nitrogen and oxygen atoms in total. The molecule has 1 aliphatic heterocycles. The van der Waals surface area contributed by atoms with E-state index in [2.05, 4.69) is 15.9 Å². The molecule has 1 aromatic rings. The Hall–Kier alpha value is -1.03. The van der Waals surface area contributed by atoms with Crippen LogP contribution in [0.3, 0.4) is 0 Å². The highest BCUT2D eigenvalue weighted by atomic mass is 79.9. The highest BCUT2D eigenvalue weighted by Crippen LogP contribution is 2.50. The van der Waals surface area contributed by atoms with Gasteiger partial charge in [0.25, 0.3) is 0 Å². The smallest absolute Gasteiger partial charge is 0.339 e. The number of halogens is 1. The summed E-state index contributed by atoms with van der Waals surface area (Å²) < 4.78 is 5.78. The van der Waals surface area contributed by atoms with Gasteiger partial charge >= 0.3 is 5.97 Å². The van der Waals surface area contributed by atoms with Crippen LogP contribution in [0.25, 0.3) is 0 Å². The minimum absolute atomic E-state index is 0.153. The maximum Gasteiger partial charge on any atom is 0.339 e. The molecule has 1 aromatic carbocycles. The summed E-state index contributed by atoms with van der Waals surface area (Å²) in [6, 6.07) is 5.38. The number of carboxylic acids is 1. The number of benzene rings is 1. The molecule has 0 aromatic heterocycles. The zero-order chi connectivity index (χ0) is 11.3. The predicted molar refractivity (Wildman–Crippen MR) is 62.5 cm³/mol. The van der Waals surface area contributed by atoms with Gasteiger partial charge in [-0.3, -0.25) is 0 Å². The lowest BCUT2D eigenvalue weighted by Crippen LogP contribution is -2.15. The standard InChI is InChI=1S/C12H11BrO3/c13-8-4-5-9-10(8)6-2-1-3-7(12(14)15)11(6)16-9/h1-3,8-10H,4-5H2,(H,14,15). The van der Waals surface area contributed by atoms with Crippen molar-refractivity contribution in [3.8, 4) is 5.75 Å². The van der Waals surface area contributed by atoms with E-state index in [-0.39, 0.29) is 11.7 Å². The molecule has 3 atom stereocenters. The molecule has 3 rings (SSSR count). The van der Waals surface area contributed by atoms with Gasteiger partial charge in [0.05, 0.1) is 0 Å². The summed E-state index contributed by atoms with van der Waals surface area (Å²) in [4.78, 5) is 11.5. The van der Waals surface area contributed by atoms with Crippen molar-refractivity contribution in [2.24, 2.45) is 0 Å². The molecule has 1 saturated carbocycles. The Kier molecular flexibility index (Phi) is 2.21. The molecule has 0 saturated heterocycles. The monoisotopic (exact) mass is 282 g/mol. The molecule has 84 valence electrons. The fourth-order valence-electron chi connectivity index (χ4n) is 2.71. The molecular formula is C12H11BrO3. The van der Waals surface area contributed by atoms with E-state index in [0.29, 0.717) is 16.5 Å². The van der Waals surface area contributed by atoms with E-state index in [0.717, 1.165) is 18.4 Å². The highest BCUT2D eigenvalue weighted by molar-refractivity contribution is 9.09. The fourth-order valence-corrected chi connectivity index (χ4v) is 3.60.